The van der Waals surface area contributed by atoms with Crippen molar-refractivity contribution in [3.05, 3.63) is 46.5 Å². The van der Waals surface area contributed by atoms with E-state index in [2.05, 4.69) is 11.7 Å². The Bertz CT molecular complexity index is 1510. The molecule has 2 amide bonds. The molecule has 8 atom stereocenters. The van der Waals surface area contributed by atoms with Crippen LogP contribution in [-0.2, 0) is 39.8 Å². The van der Waals surface area contributed by atoms with Crippen LogP contribution in [0.1, 0.15) is 72.3 Å². The fraction of sp³-hybridized carbons (Fsp3) is 0.632. The van der Waals surface area contributed by atoms with E-state index in [4.69, 9.17) is 36.3 Å². The zero-order chi connectivity index (χ0) is 41.0. The lowest BCUT2D eigenvalue weighted by Gasteiger charge is -2.39. The van der Waals surface area contributed by atoms with Gasteiger partial charge in [0.15, 0.2) is 0 Å². The maximum Gasteiger partial charge on any atom is 0.328 e. The van der Waals surface area contributed by atoms with Gasteiger partial charge in [0.1, 0.15) is 40.9 Å². The summed E-state index contributed by atoms with van der Waals surface area (Å²) in [5.74, 6) is -1.03. The second-order valence-electron chi connectivity index (χ2n) is 14.6. The first kappa shape index (κ1) is 47.4. The van der Waals surface area contributed by atoms with Crippen LogP contribution in [0.3, 0.4) is 0 Å². The number of fused-ring (bicyclic) bond motifs is 2. The lowest BCUT2D eigenvalue weighted by molar-refractivity contribution is -0.176. The molecule has 1 aliphatic heterocycles. The van der Waals surface area contributed by atoms with Crippen LogP contribution in [0.5, 0.6) is 5.75 Å². The number of esters is 1. The molecular weight excluding hydrogens is 758 g/mol. The molecule has 4 N–H and O–H groups in total. The van der Waals surface area contributed by atoms with Gasteiger partial charge in [0, 0.05) is 39.8 Å². The van der Waals surface area contributed by atoms with Gasteiger partial charge in [-0.1, -0.05) is 60.0 Å². The van der Waals surface area contributed by atoms with E-state index in [1.54, 1.807) is 31.2 Å². The molecule has 13 nitrogen and oxygen atoms in total. The topological polar surface area (TPSA) is 178 Å². The minimum Gasteiger partial charge on any atom is -0.495 e. The summed E-state index contributed by atoms with van der Waals surface area (Å²) in [6, 6.07) is 2.44. The van der Waals surface area contributed by atoms with Gasteiger partial charge in [0.25, 0.3) is 6.47 Å². The Hall–Kier alpha value is -2.79. The van der Waals surface area contributed by atoms with Gasteiger partial charge in [-0.2, -0.15) is 0 Å². The van der Waals surface area contributed by atoms with E-state index in [-0.39, 0.29) is 42.6 Å². The molecule has 16 heteroatoms. The number of methoxy groups -OCH3 is 2. The first-order valence-corrected chi connectivity index (χ1v) is 20.2. The number of benzene rings is 1. The second kappa shape index (κ2) is 21.5. The SMILES string of the molecule is COc1cc2cc(c1Cl)N(C)C(=O)CC(OC(=O)[C@@H](C)N(C)C(=O)CC[C@H](C)CSS)C(C)(O)CC(C)C(OC=O)CC(N)(O)C(OC)/C=C/C=C(\C)C2. The number of likely N-dealkylation sites (N-methyl/N-ethyl adjacent to an activating group) is 1. The first-order chi connectivity index (χ1) is 25.2. The van der Waals surface area contributed by atoms with Crippen LogP contribution in [0.15, 0.2) is 35.9 Å². The lowest BCUT2D eigenvalue weighted by atomic mass is 9.81. The standard InChI is InChI=1S/C38H58ClN3O10S2/c1-23-11-10-12-31(50-9)38(40,48)20-30(51-22-43)25(3)19-37(5,47)32(52-36(46)26(4)41(6)33(44)14-13-24(2)21-54-53)18-34(45)42(7)28-16-27(15-23)17-29(49-8)35(28)39/h10-12,16-17,22,24-26,30-32,47-48,53H,13-15,18-21,40H2,1-9H3/b12-10+,23-11+/t24-,25?,26+,30?,31?,32?,37?,38?/m0/s1. The Balaban J connectivity index is 2.64. The molecule has 304 valence electrons. The van der Waals surface area contributed by atoms with Gasteiger partial charge in [-0.25, -0.2) is 4.79 Å². The van der Waals surface area contributed by atoms with Crippen molar-refractivity contribution >= 4 is 64.0 Å². The van der Waals surface area contributed by atoms with Crippen LogP contribution in [0.4, 0.5) is 5.69 Å². The van der Waals surface area contributed by atoms with Crippen LogP contribution >= 0.6 is 34.1 Å². The summed E-state index contributed by atoms with van der Waals surface area (Å²) >= 11 is 10.9. The van der Waals surface area contributed by atoms with Crippen molar-refractivity contribution in [2.75, 3.05) is 39.0 Å². The Labute approximate surface area is 333 Å². The number of amides is 2. The Morgan fingerprint density at radius 1 is 1.24 bits per heavy atom. The molecule has 1 aliphatic rings. The van der Waals surface area contributed by atoms with Crippen LogP contribution in [0.25, 0.3) is 0 Å². The largest absolute Gasteiger partial charge is 0.495 e. The van der Waals surface area contributed by atoms with Crippen LogP contribution in [0.2, 0.25) is 5.02 Å². The highest BCUT2D eigenvalue weighted by Gasteiger charge is 2.44. The number of hydrogen-bond donors (Lipinski definition) is 4. The number of ether oxygens (including phenoxy) is 4. The predicted molar refractivity (Wildman–Crippen MR) is 214 cm³/mol. The smallest absolute Gasteiger partial charge is 0.328 e. The molecule has 1 aromatic rings. The highest BCUT2D eigenvalue weighted by atomic mass is 35.5. The Morgan fingerprint density at radius 3 is 2.50 bits per heavy atom. The van der Waals surface area contributed by atoms with Crippen molar-refractivity contribution in [2.45, 2.75) is 109 Å². The van der Waals surface area contributed by atoms with E-state index < -0.39 is 59.9 Å². The van der Waals surface area contributed by atoms with Crippen molar-refractivity contribution in [1.29, 1.82) is 0 Å². The average molecular weight is 816 g/mol. The normalized spacial score (nSPS) is 28.6. The molecule has 1 heterocycles. The van der Waals surface area contributed by atoms with Crippen molar-refractivity contribution < 1.29 is 48.3 Å². The van der Waals surface area contributed by atoms with Crippen LogP contribution in [-0.4, -0.2) is 109 Å². The zero-order valence-corrected chi connectivity index (χ0v) is 35.2. The fourth-order valence-corrected chi connectivity index (χ4v) is 7.78. The molecule has 0 aromatic heterocycles. The maximum atomic E-state index is 14.1. The summed E-state index contributed by atoms with van der Waals surface area (Å²) in [6.07, 6.45) is 1.83. The molecule has 6 unspecified atom stereocenters. The molecule has 2 bridgehead atoms. The molecule has 0 aliphatic carbocycles. The van der Waals surface area contributed by atoms with E-state index >= 15 is 0 Å². The number of nitrogens with two attached hydrogens (primary N) is 1. The third-order valence-electron chi connectivity index (χ3n) is 9.90. The third-order valence-corrected chi connectivity index (χ3v) is 11.4. The lowest BCUT2D eigenvalue weighted by Crippen LogP contribution is -2.55. The van der Waals surface area contributed by atoms with Gasteiger partial charge in [-0.3, -0.25) is 14.4 Å². The van der Waals surface area contributed by atoms with E-state index in [1.165, 1.54) is 62.8 Å². The minimum absolute atomic E-state index is 0.175. The molecule has 0 saturated carbocycles. The fourth-order valence-electron chi connectivity index (χ4n) is 6.28. The Morgan fingerprint density at radius 2 is 1.91 bits per heavy atom. The van der Waals surface area contributed by atoms with Gasteiger partial charge < -0.3 is 44.7 Å². The second-order valence-corrected chi connectivity index (χ2v) is 16.3. The van der Waals surface area contributed by atoms with E-state index in [9.17, 15) is 29.4 Å². The molecule has 0 spiro atoms. The summed E-state index contributed by atoms with van der Waals surface area (Å²) in [5.41, 5.74) is 4.40. The molecule has 0 saturated heterocycles. The number of carbonyl (C=O) groups is 4. The molecule has 2 rings (SSSR count). The molecule has 54 heavy (non-hydrogen) atoms. The van der Waals surface area contributed by atoms with E-state index in [0.717, 1.165) is 16.9 Å². The number of halogens is 1. The first-order valence-electron chi connectivity index (χ1n) is 17.8. The third kappa shape index (κ3) is 13.5. The number of carbonyl (C=O) groups excluding carboxylic acids is 4. The van der Waals surface area contributed by atoms with E-state index in [1.807, 2.05) is 19.9 Å². The number of anilines is 1. The van der Waals surface area contributed by atoms with Crippen molar-refractivity contribution in [3.8, 4) is 5.75 Å². The maximum absolute atomic E-state index is 14.1. The van der Waals surface area contributed by atoms with Gasteiger partial charge in [-0.05, 0) is 69.6 Å². The molecule has 0 fully saturated rings. The van der Waals surface area contributed by atoms with Crippen LogP contribution < -0.4 is 15.4 Å². The number of allylic oxidation sites excluding steroid dienone is 3. The average Bonchev–Trinajstić information content (AvgIpc) is 3.10. The summed E-state index contributed by atoms with van der Waals surface area (Å²) in [6.45, 7) is 8.70. The number of thiol groups is 1. The number of aliphatic hydroxyl groups is 2. The monoisotopic (exact) mass is 815 g/mol. The van der Waals surface area contributed by atoms with Crippen molar-refractivity contribution in [3.63, 3.8) is 0 Å². The van der Waals surface area contributed by atoms with Crippen molar-refractivity contribution in [1.82, 2.24) is 4.90 Å². The zero-order valence-electron chi connectivity index (χ0n) is 32.7. The summed E-state index contributed by atoms with van der Waals surface area (Å²) < 4.78 is 22.3. The highest BCUT2D eigenvalue weighted by molar-refractivity contribution is 8.68. The molecule has 1 aromatic carbocycles. The van der Waals surface area contributed by atoms with Crippen LogP contribution in [0, 0.1) is 11.8 Å². The predicted octanol–water partition coefficient (Wildman–Crippen LogP) is 4.88. The van der Waals surface area contributed by atoms with Gasteiger partial charge in [0.2, 0.25) is 11.8 Å². The summed E-state index contributed by atoms with van der Waals surface area (Å²) in [7, 11) is 7.24. The van der Waals surface area contributed by atoms with Crippen molar-refractivity contribution in [2.24, 2.45) is 17.6 Å². The van der Waals surface area contributed by atoms with Gasteiger partial charge in [0.05, 0.1) is 24.8 Å². The number of hydrogen-bond acceptors (Lipinski definition) is 13. The molecular formula is C38H58ClN3O10S2. The Kier molecular flexibility index (Phi) is 18.9. The summed E-state index contributed by atoms with van der Waals surface area (Å²) in [5, 5.41) is 23.6. The summed E-state index contributed by atoms with van der Waals surface area (Å²) in [4.78, 5) is 55.1. The number of nitrogens with zero attached hydrogens (tertiary/aromatic N) is 2. The number of rotatable bonds is 12. The van der Waals surface area contributed by atoms with Gasteiger partial charge >= 0.3 is 5.97 Å². The quantitative estimate of drug-likeness (QED) is 0.0740. The van der Waals surface area contributed by atoms with E-state index in [0.29, 0.717) is 24.3 Å². The highest BCUT2D eigenvalue weighted by Crippen LogP contribution is 2.38. The van der Waals surface area contributed by atoms with Gasteiger partial charge in [-0.15, -0.1) is 11.7 Å². The minimum atomic E-state index is -2.03. The molecule has 0 radical (unpaired) electrons.